The van der Waals surface area contributed by atoms with Crippen molar-refractivity contribution in [3.05, 3.63) is 29.3 Å². The second-order valence-corrected chi connectivity index (χ2v) is 9.74. The Bertz CT molecular complexity index is 414. The molecule has 0 aliphatic carbocycles. The van der Waals surface area contributed by atoms with Crippen LogP contribution in [0.5, 0.6) is 0 Å². The van der Waals surface area contributed by atoms with E-state index in [4.69, 9.17) is 10.2 Å². The normalized spacial score (nSPS) is 11.2. The summed E-state index contributed by atoms with van der Waals surface area (Å²) in [5.41, 5.74) is 0.0784. The Kier molecular flexibility index (Phi) is 3.18. The Morgan fingerprint density at radius 3 is 1.56 bits per heavy atom. The zero-order chi connectivity index (χ0) is 12.5. The molecule has 0 aliphatic heterocycles. The number of aromatic carboxylic acids is 2. The average Bonchev–Trinajstić information content (AvgIpc) is 2.15. The second kappa shape index (κ2) is 4.09. The molecule has 0 spiro atoms. The van der Waals surface area contributed by atoms with Gasteiger partial charge >= 0.3 is 11.9 Å². The summed E-state index contributed by atoms with van der Waals surface area (Å²) in [5, 5.41) is 18.6. The molecule has 4 nitrogen and oxygen atoms in total. The van der Waals surface area contributed by atoms with E-state index in [9.17, 15) is 9.59 Å². The van der Waals surface area contributed by atoms with Gasteiger partial charge < -0.3 is 10.2 Å². The van der Waals surface area contributed by atoms with Gasteiger partial charge in [0.1, 0.15) is 0 Å². The summed E-state index contributed by atoms with van der Waals surface area (Å²) in [6.07, 6.45) is 0. The van der Waals surface area contributed by atoms with Crippen molar-refractivity contribution in [1.82, 2.24) is 0 Å². The van der Waals surface area contributed by atoms with Crippen molar-refractivity contribution in [2.24, 2.45) is 0 Å². The first kappa shape index (κ1) is 12.4. The smallest absolute Gasteiger partial charge is 0.335 e. The lowest BCUT2D eigenvalue weighted by Crippen LogP contribution is -2.38. The molecule has 1 rings (SSSR count). The molecule has 86 valence electrons. The summed E-state index contributed by atoms with van der Waals surface area (Å²) >= 11 is 0. The van der Waals surface area contributed by atoms with Crippen molar-refractivity contribution >= 4 is 25.2 Å². The van der Waals surface area contributed by atoms with Gasteiger partial charge in [0.15, 0.2) is 0 Å². The van der Waals surface area contributed by atoms with E-state index < -0.39 is 20.0 Å². The van der Waals surface area contributed by atoms with Crippen molar-refractivity contribution in [2.75, 3.05) is 0 Å². The van der Waals surface area contributed by atoms with Crippen LogP contribution >= 0.6 is 0 Å². The third-order valence-electron chi connectivity index (χ3n) is 2.29. The molecule has 0 fully saturated rings. The van der Waals surface area contributed by atoms with Gasteiger partial charge in [0.25, 0.3) is 0 Å². The number of benzene rings is 1. The predicted octanol–water partition coefficient (Wildman–Crippen LogP) is 1.63. The molecular weight excluding hydrogens is 224 g/mol. The monoisotopic (exact) mass is 238 g/mol. The van der Waals surface area contributed by atoms with Gasteiger partial charge in [0.05, 0.1) is 19.2 Å². The SMILES string of the molecule is C[Si](C)(C)c1cc(C(=O)O)cc(C(=O)O)c1. The lowest BCUT2D eigenvalue weighted by Gasteiger charge is -2.17. The van der Waals surface area contributed by atoms with E-state index in [1.807, 2.05) is 19.6 Å². The van der Waals surface area contributed by atoms with Gasteiger partial charge in [-0.3, -0.25) is 0 Å². The van der Waals surface area contributed by atoms with Gasteiger partial charge in [-0.1, -0.05) is 24.8 Å². The molecule has 0 unspecified atom stereocenters. The van der Waals surface area contributed by atoms with E-state index in [1.54, 1.807) is 12.1 Å². The fourth-order valence-electron chi connectivity index (χ4n) is 1.31. The number of carbonyl (C=O) groups is 2. The minimum absolute atomic E-state index is 0.0392. The van der Waals surface area contributed by atoms with Crippen molar-refractivity contribution in [3.8, 4) is 0 Å². The Morgan fingerprint density at radius 1 is 0.938 bits per heavy atom. The fourth-order valence-corrected chi connectivity index (χ4v) is 2.48. The Morgan fingerprint density at radius 2 is 1.31 bits per heavy atom. The summed E-state index contributed by atoms with van der Waals surface area (Å²) in [5.74, 6) is -2.19. The quantitative estimate of drug-likeness (QED) is 0.785. The average molecular weight is 238 g/mol. The molecule has 1 aromatic rings. The zero-order valence-corrected chi connectivity index (χ0v) is 10.4. The maximum atomic E-state index is 10.9. The molecule has 2 N–H and O–H groups in total. The maximum Gasteiger partial charge on any atom is 0.335 e. The standard InChI is InChI=1S/C11H14O4Si/c1-16(2,3)9-5-7(10(12)13)4-8(6-9)11(14)15/h4-6H,1-3H3,(H,12,13)(H,14,15). The molecule has 0 atom stereocenters. The van der Waals surface area contributed by atoms with Crippen molar-refractivity contribution in [2.45, 2.75) is 19.6 Å². The summed E-state index contributed by atoms with van der Waals surface area (Å²) in [6.45, 7) is 6.12. The van der Waals surface area contributed by atoms with E-state index in [2.05, 4.69) is 0 Å². The van der Waals surface area contributed by atoms with Crippen LogP contribution in [0.1, 0.15) is 20.7 Å². The second-order valence-electron chi connectivity index (χ2n) is 4.66. The molecule has 1 aromatic carbocycles. The maximum absolute atomic E-state index is 10.9. The number of carboxylic acid groups (broad SMARTS) is 2. The Labute approximate surface area is 94.5 Å². The molecule has 0 heterocycles. The summed E-state index contributed by atoms with van der Waals surface area (Å²) in [6, 6.07) is 4.33. The molecule has 0 amide bonds. The van der Waals surface area contributed by atoms with E-state index in [0.717, 1.165) is 5.19 Å². The Hall–Kier alpha value is -1.62. The summed E-state index contributed by atoms with van der Waals surface area (Å²) < 4.78 is 0. The van der Waals surface area contributed by atoms with Gasteiger partial charge in [0.2, 0.25) is 0 Å². The van der Waals surface area contributed by atoms with Gasteiger partial charge in [-0.15, -0.1) is 0 Å². The zero-order valence-electron chi connectivity index (χ0n) is 9.44. The van der Waals surface area contributed by atoms with Crippen LogP contribution in [0.3, 0.4) is 0 Å². The third-order valence-corrected chi connectivity index (χ3v) is 4.31. The molecule has 16 heavy (non-hydrogen) atoms. The summed E-state index contributed by atoms with van der Waals surface area (Å²) in [7, 11) is -1.71. The van der Waals surface area contributed by atoms with Gasteiger partial charge in [-0.2, -0.15) is 0 Å². The van der Waals surface area contributed by atoms with Crippen LogP contribution in [0.25, 0.3) is 0 Å². The number of hydrogen-bond donors (Lipinski definition) is 2. The largest absolute Gasteiger partial charge is 0.478 e. The predicted molar refractivity (Wildman–Crippen MR) is 63.3 cm³/mol. The molecule has 0 saturated heterocycles. The first-order valence-corrected chi connectivity index (χ1v) is 8.34. The molecule has 0 aromatic heterocycles. The van der Waals surface area contributed by atoms with Crippen LogP contribution in [-0.4, -0.2) is 30.2 Å². The van der Waals surface area contributed by atoms with Crippen LogP contribution < -0.4 is 5.19 Å². The highest BCUT2D eigenvalue weighted by Crippen LogP contribution is 2.09. The van der Waals surface area contributed by atoms with Crippen molar-refractivity contribution in [3.63, 3.8) is 0 Å². The van der Waals surface area contributed by atoms with E-state index in [-0.39, 0.29) is 11.1 Å². The lowest BCUT2D eigenvalue weighted by molar-refractivity contribution is 0.0696. The van der Waals surface area contributed by atoms with Crippen molar-refractivity contribution in [1.29, 1.82) is 0 Å². The molecule has 0 bridgehead atoms. The topological polar surface area (TPSA) is 74.6 Å². The van der Waals surface area contributed by atoms with E-state index >= 15 is 0 Å². The molecule has 5 heteroatoms. The van der Waals surface area contributed by atoms with Crippen LogP contribution in [0, 0.1) is 0 Å². The van der Waals surface area contributed by atoms with Gasteiger partial charge in [-0.05, 0) is 18.2 Å². The third kappa shape index (κ3) is 2.70. The number of rotatable bonds is 3. The first-order valence-electron chi connectivity index (χ1n) is 4.84. The van der Waals surface area contributed by atoms with Crippen molar-refractivity contribution < 1.29 is 19.8 Å². The van der Waals surface area contributed by atoms with Crippen LogP contribution in [-0.2, 0) is 0 Å². The highest BCUT2D eigenvalue weighted by Gasteiger charge is 2.20. The molecule has 0 saturated carbocycles. The molecular formula is C11H14O4Si. The Balaban J connectivity index is 3.42. The number of hydrogen-bond acceptors (Lipinski definition) is 2. The summed E-state index contributed by atoms with van der Waals surface area (Å²) in [4.78, 5) is 21.8. The van der Waals surface area contributed by atoms with Gasteiger partial charge in [-0.25, -0.2) is 9.59 Å². The first-order chi connectivity index (χ1) is 7.21. The fraction of sp³-hybridized carbons (Fsp3) is 0.273. The number of carboxylic acids is 2. The highest BCUT2D eigenvalue weighted by molar-refractivity contribution is 6.88. The highest BCUT2D eigenvalue weighted by atomic mass is 28.3. The molecule has 0 radical (unpaired) electrons. The van der Waals surface area contributed by atoms with Crippen LogP contribution in [0.4, 0.5) is 0 Å². The van der Waals surface area contributed by atoms with Crippen LogP contribution in [0.2, 0.25) is 19.6 Å². The minimum Gasteiger partial charge on any atom is -0.478 e. The minimum atomic E-state index is -1.71. The van der Waals surface area contributed by atoms with E-state index in [1.165, 1.54) is 6.07 Å². The lowest BCUT2D eigenvalue weighted by atomic mass is 10.1. The van der Waals surface area contributed by atoms with E-state index in [0.29, 0.717) is 0 Å². The van der Waals surface area contributed by atoms with Crippen LogP contribution in [0.15, 0.2) is 18.2 Å². The van der Waals surface area contributed by atoms with Gasteiger partial charge in [0, 0.05) is 0 Å². The molecule has 0 aliphatic rings.